The second-order valence-corrected chi connectivity index (χ2v) is 6.66. The van der Waals surface area contributed by atoms with Gasteiger partial charge in [0.15, 0.2) is 0 Å². The van der Waals surface area contributed by atoms with Crippen molar-refractivity contribution in [2.75, 3.05) is 13.1 Å². The zero-order valence-electron chi connectivity index (χ0n) is 14.0. The van der Waals surface area contributed by atoms with Crippen molar-refractivity contribution in [3.8, 4) is 0 Å². The molecule has 1 fully saturated rings. The fourth-order valence-corrected chi connectivity index (χ4v) is 3.47. The first kappa shape index (κ1) is 16.7. The fourth-order valence-electron chi connectivity index (χ4n) is 3.47. The SMILES string of the molecule is O=C(NCc1cccnc1)C1CCN(C(=O)[C@@H]2CC=CCC2)CC1. The molecule has 2 heterocycles. The van der Waals surface area contributed by atoms with Crippen molar-refractivity contribution < 1.29 is 9.59 Å². The summed E-state index contributed by atoms with van der Waals surface area (Å²) in [6.07, 6.45) is 12.1. The van der Waals surface area contributed by atoms with E-state index >= 15 is 0 Å². The number of carbonyl (C=O) groups is 2. The quantitative estimate of drug-likeness (QED) is 0.863. The van der Waals surface area contributed by atoms with Gasteiger partial charge in [-0.15, -0.1) is 0 Å². The Kier molecular flexibility index (Phi) is 5.62. The Morgan fingerprint density at radius 3 is 2.67 bits per heavy atom. The third-order valence-electron chi connectivity index (χ3n) is 4.99. The molecule has 1 aromatic heterocycles. The predicted octanol–water partition coefficient (Wildman–Crippen LogP) is 2.29. The summed E-state index contributed by atoms with van der Waals surface area (Å²) < 4.78 is 0. The molecule has 0 spiro atoms. The number of allylic oxidation sites excluding steroid dienone is 2. The lowest BCUT2D eigenvalue weighted by molar-refractivity contribution is -0.139. The maximum absolute atomic E-state index is 12.5. The number of nitrogens with zero attached hydrogens (tertiary/aromatic N) is 2. The molecule has 0 aromatic carbocycles. The van der Waals surface area contributed by atoms with Gasteiger partial charge in [-0.1, -0.05) is 18.2 Å². The van der Waals surface area contributed by atoms with Crippen LogP contribution in [0.25, 0.3) is 0 Å². The van der Waals surface area contributed by atoms with Crippen LogP contribution in [0.5, 0.6) is 0 Å². The molecule has 1 atom stereocenters. The van der Waals surface area contributed by atoms with Gasteiger partial charge in [-0.05, 0) is 43.7 Å². The van der Waals surface area contributed by atoms with Gasteiger partial charge in [0.25, 0.3) is 0 Å². The predicted molar refractivity (Wildman–Crippen MR) is 91.9 cm³/mol. The average molecular weight is 327 g/mol. The Morgan fingerprint density at radius 1 is 1.17 bits per heavy atom. The number of amides is 2. The van der Waals surface area contributed by atoms with Crippen molar-refractivity contribution in [1.82, 2.24) is 15.2 Å². The maximum atomic E-state index is 12.5. The Morgan fingerprint density at radius 2 is 2.00 bits per heavy atom. The van der Waals surface area contributed by atoms with Crippen LogP contribution in [-0.2, 0) is 16.1 Å². The largest absolute Gasteiger partial charge is 0.352 e. The van der Waals surface area contributed by atoms with E-state index < -0.39 is 0 Å². The minimum Gasteiger partial charge on any atom is -0.352 e. The third-order valence-corrected chi connectivity index (χ3v) is 4.99. The Hall–Kier alpha value is -2.17. The van der Waals surface area contributed by atoms with E-state index in [1.165, 1.54) is 0 Å². The van der Waals surface area contributed by atoms with Crippen molar-refractivity contribution in [3.05, 3.63) is 42.2 Å². The molecule has 0 saturated carbocycles. The molecule has 2 amide bonds. The van der Waals surface area contributed by atoms with E-state index in [2.05, 4.69) is 22.5 Å². The molecule has 1 N–H and O–H groups in total. The molecule has 0 unspecified atom stereocenters. The first-order valence-corrected chi connectivity index (χ1v) is 8.84. The number of hydrogen-bond donors (Lipinski definition) is 1. The van der Waals surface area contributed by atoms with Crippen molar-refractivity contribution in [2.45, 2.75) is 38.6 Å². The summed E-state index contributed by atoms with van der Waals surface area (Å²) in [5.41, 5.74) is 1.00. The summed E-state index contributed by atoms with van der Waals surface area (Å²) in [6, 6.07) is 3.82. The number of likely N-dealkylation sites (tertiary alicyclic amines) is 1. The smallest absolute Gasteiger partial charge is 0.226 e. The highest BCUT2D eigenvalue weighted by Gasteiger charge is 2.30. The summed E-state index contributed by atoms with van der Waals surface area (Å²) in [5.74, 6) is 0.517. The third kappa shape index (κ3) is 4.22. The number of hydrogen-bond acceptors (Lipinski definition) is 3. The molecular weight excluding hydrogens is 302 g/mol. The zero-order valence-corrected chi connectivity index (χ0v) is 14.0. The van der Waals surface area contributed by atoms with E-state index in [0.717, 1.165) is 37.7 Å². The van der Waals surface area contributed by atoms with E-state index in [9.17, 15) is 9.59 Å². The van der Waals surface area contributed by atoms with E-state index in [1.54, 1.807) is 12.4 Å². The lowest BCUT2D eigenvalue weighted by atomic mass is 9.90. The molecule has 1 aromatic rings. The normalized spacial score (nSPS) is 21.5. The standard InChI is InChI=1S/C19H25N3O2/c23-18(21-14-15-5-4-10-20-13-15)16-8-11-22(12-9-16)19(24)17-6-2-1-3-7-17/h1-2,4-5,10,13,16-17H,3,6-9,11-12,14H2,(H,21,23)/t17-/m1/s1. The molecule has 5 nitrogen and oxygen atoms in total. The van der Waals surface area contributed by atoms with Crippen LogP contribution in [0.4, 0.5) is 0 Å². The van der Waals surface area contributed by atoms with Crippen LogP contribution in [-0.4, -0.2) is 34.8 Å². The highest BCUT2D eigenvalue weighted by Crippen LogP contribution is 2.24. The van der Waals surface area contributed by atoms with Gasteiger partial charge in [0, 0.05) is 43.9 Å². The van der Waals surface area contributed by atoms with E-state index in [-0.39, 0.29) is 23.7 Å². The number of nitrogens with one attached hydrogen (secondary N) is 1. The van der Waals surface area contributed by atoms with Crippen LogP contribution in [0.15, 0.2) is 36.7 Å². The molecule has 24 heavy (non-hydrogen) atoms. The summed E-state index contributed by atoms with van der Waals surface area (Å²) in [5, 5.41) is 2.98. The molecule has 2 aliphatic rings. The molecule has 1 aliphatic carbocycles. The van der Waals surface area contributed by atoms with Crippen molar-refractivity contribution >= 4 is 11.8 Å². The summed E-state index contributed by atoms with van der Waals surface area (Å²) >= 11 is 0. The molecule has 1 aliphatic heterocycles. The van der Waals surface area contributed by atoms with Crippen LogP contribution >= 0.6 is 0 Å². The van der Waals surface area contributed by atoms with E-state index in [1.807, 2.05) is 17.0 Å². The Bertz CT molecular complexity index is 592. The Balaban J connectivity index is 1.43. The van der Waals surface area contributed by atoms with Gasteiger partial charge in [0.2, 0.25) is 11.8 Å². The number of carbonyl (C=O) groups excluding carboxylic acids is 2. The van der Waals surface area contributed by atoms with Crippen LogP contribution in [0.2, 0.25) is 0 Å². The molecule has 1 saturated heterocycles. The summed E-state index contributed by atoms with van der Waals surface area (Å²) in [7, 11) is 0. The minimum absolute atomic E-state index is 0.0111. The van der Waals surface area contributed by atoms with Gasteiger partial charge >= 0.3 is 0 Å². The average Bonchev–Trinajstić information content (AvgIpc) is 2.67. The van der Waals surface area contributed by atoms with Gasteiger partial charge in [-0.2, -0.15) is 0 Å². The van der Waals surface area contributed by atoms with Crippen LogP contribution in [0.1, 0.15) is 37.7 Å². The van der Waals surface area contributed by atoms with Gasteiger partial charge in [-0.25, -0.2) is 0 Å². The van der Waals surface area contributed by atoms with Crippen LogP contribution in [0, 0.1) is 11.8 Å². The first-order chi connectivity index (χ1) is 11.7. The van der Waals surface area contributed by atoms with Crippen molar-refractivity contribution in [1.29, 1.82) is 0 Å². The van der Waals surface area contributed by atoms with Gasteiger partial charge in [0.05, 0.1) is 0 Å². The van der Waals surface area contributed by atoms with Crippen LogP contribution in [0.3, 0.4) is 0 Å². The fraction of sp³-hybridized carbons (Fsp3) is 0.526. The zero-order chi connectivity index (χ0) is 16.8. The second kappa shape index (κ2) is 8.08. The number of piperidine rings is 1. The molecule has 5 heteroatoms. The lowest BCUT2D eigenvalue weighted by Gasteiger charge is -2.34. The maximum Gasteiger partial charge on any atom is 0.226 e. The molecule has 0 bridgehead atoms. The van der Waals surface area contributed by atoms with Gasteiger partial charge in [-0.3, -0.25) is 14.6 Å². The first-order valence-electron chi connectivity index (χ1n) is 8.84. The van der Waals surface area contributed by atoms with E-state index in [0.29, 0.717) is 19.6 Å². The van der Waals surface area contributed by atoms with Crippen molar-refractivity contribution in [3.63, 3.8) is 0 Å². The molecule has 0 radical (unpaired) electrons. The highest BCUT2D eigenvalue weighted by atomic mass is 16.2. The number of rotatable bonds is 4. The molecule has 3 rings (SSSR count). The lowest BCUT2D eigenvalue weighted by Crippen LogP contribution is -2.45. The summed E-state index contributed by atoms with van der Waals surface area (Å²) in [4.78, 5) is 30.8. The molecular formula is C19H25N3O2. The monoisotopic (exact) mass is 327 g/mol. The second-order valence-electron chi connectivity index (χ2n) is 6.66. The topological polar surface area (TPSA) is 62.3 Å². The molecule has 128 valence electrons. The highest BCUT2D eigenvalue weighted by molar-refractivity contribution is 5.81. The minimum atomic E-state index is 0.0111. The number of aromatic nitrogens is 1. The Labute approximate surface area is 143 Å². The summed E-state index contributed by atoms with van der Waals surface area (Å²) in [6.45, 7) is 1.91. The van der Waals surface area contributed by atoms with Crippen molar-refractivity contribution in [2.24, 2.45) is 11.8 Å². The van der Waals surface area contributed by atoms with Gasteiger partial charge in [0.1, 0.15) is 0 Å². The van der Waals surface area contributed by atoms with E-state index in [4.69, 9.17) is 0 Å². The van der Waals surface area contributed by atoms with Gasteiger partial charge < -0.3 is 10.2 Å². The number of pyridine rings is 1. The van der Waals surface area contributed by atoms with Crippen LogP contribution < -0.4 is 5.32 Å².